The highest BCUT2D eigenvalue weighted by atomic mass is 32.2. The second kappa shape index (κ2) is 9.01. The van der Waals surface area contributed by atoms with Crippen LogP contribution in [-0.4, -0.2) is 75.7 Å². The second-order valence-corrected chi connectivity index (χ2v) is 9.99. The molecule has 1 aliphatic rings. The third kappa shape index (κ3) is 5.65. The van der Waals surface area contributed by atoms with E-state index in [1.54, 1.807) is 18.4 Å². The number of thiophene rings is 1. The number of hydrogen-bond acceptors (Lipinski definition) is 6. The zero-order chi connectivity index (χ0) is 19.3. The summed E-state index contributed by atoms with van der Waals surface area (Å²) < 4.78 is 24.1. The average molecular weight is 411 g/mol. The van der Waals surface area contributed by atoms with Gasteiger partial charge in [-0.1, -0.05) is 18.2 Å². The lowest BCUT2D eigenvalue weighted by Crippen LogP contribution is -2.46. The van der Waals surface area contributed by atoms with E-state index in [-0.39, 0.29) is 11.5 Å². The lowest BCUT2D eigenvalue weighted by molar-refractivity contribution is 0.184. The van der Waals surface area contributed by atoms with E-state index in [0.717, 1.165) is 21.5 Å². The van der Waals surface area contributed by atoms with Crippen molar-refractivity contribution in [2.45, 2.75) is 6.10 Å². The fourth-order valence-electron chi connectivity index (χ4n) is 2.99. The van der Waals surface area contributed by atoms with Crippen molar-refractivity contribution in [3.05, 3.63) is 35.2 Å². The molecular weight excluding hydrogens is 384 g/mol. The fourth-order valence-corrected chi connectivity index (χ4v) is 5.31. The van der Waals surface area contributed by atoms with Crippen LogP contribution in [-0.2, 0) is 9.84 Å². The summed E-state index contributed by atoms with van der Waals surface area (Å²) in [5, 5.41) is 17.9. The molecule has 1 aromatic heterocycles. The van der Waals surface area contributed by atoms with Crippen LogP contribution in [0.5, 0.6) is 0 Å². The van der Waals surface area contributed by atoms with Gasteiger partial charge in [0.1, 0.15) is 6.10 Å². The van der Waals surface area contributed by atoms with Gasteiger partial charge in [-0.15, -0.1) is 11.3 Å². The lowest BCUT2D eigenvalue weighted by Gasteiger charge is -2.26. The molecule has 148 valence electrons. The van der Waals surface area contributed by atoms with Gasteiger partial charge >= 0.3 is 0 Å². The molecule has 1 saturated heterocycles. The molecule has 9 heteroatoms. The van der Waals surface area contributed by atoms with E-state index >= 15 is 0 Å². The highest BCUT2D eigenvalue weighted by Crippen LogP contribution is 2.29. The molecule has 1 fully saturated rings. The minimum Gasteiger partial charge on any atom is -0.386 e. The van der Waals surface area contributed by atoms with Crippen molar-refractivity contribution in [3.63, 3.8) is 0 Å². The number of rotatable bonds is 6. The van der Waals surface area contributed by atoms with E-state index in [2.05, 4.69) is 26.6 Å². The Bertz CT molecular complexity index is 848. The van der Waals surface area contributed by atoms with Gasteiger partial charge in [0.05, 0.1) is 11.5 Å². The van der Waals surface area contributed by atoms with Gasteiger partial charge in [0.25, 0.3) is 0 Å². The number of aliphatic hydroxyl groups excluding tert-OH is 1. The van der Waals surface area contributed by atoms with Crippen molar-refractivity contribution in [1.29, 1.82) is 0 Å². The summed E-state index contributed by atoms with van der Waals surface area (Å²) in [4.78, 5) is 7.23. The Hall–Kier alpha value is -1.68. The first-order valence-electron chi connectivity index (χ1n) is 9.01. The summed E-state index contributed by atoms with van der Waals surface area (Å²) in [5.41, 5.74) is 0. The third-order valence-electron chi connectivity index (χ3n) is 4.62. The minimum absolute atomic E-state index is 0.237. The van der Waals surface area contributed by atoms with Crippen LogP contribution in [0.1, 0.15) is 11.0 Å². The molecule has 7 nitrogen and oxygen atoms in total. The maximum absolute atomic E-state index is 11.5. The quantitative estimate of drug-likeness (QED) is 0.482. The monoisotopic (exact) mass is 410 g/mol. The number of guanidine groups is 1. The predicted molar refractivity (Wildman–Crippen MR) is 111 cm³/mol. The standard InChI is InChI=1S/C18H26N4O3S2/c1-19-18(20-6-7-22-8-10-27(24,25)11-9-22)21-13-15(23)17-12-14-4-2-3-5-16(14)26-17/h2-5,12,15,23H,6-11,13H2,1H3,(H2,19,20,21). The van der Waals surface area contributed by atoms with Crippen LogP contribution in [0.3, 0.4) is 0 Å². The molecule has 1 atom stereocenters. The average Bonchev–Trinajstić information content (AvgIpc) is 3.10. The van der Waals surface area contributed by atoms with Crippen molar-refractivity contribution in [3.8, 4) is 0 Å². The summed E-state index contributed by atoms with van der Waals surface area (Å²) in [6, 6.07) is 10.1. The highest BCUT2D eigenvalue weighted by Gasteiger charge is 2.21. The molecule has 0 aliphatic carbocycles. The molecule has 2 heterocycles. The van der Waals surface area contributed by atoms with Crippen LogP contribution in [0.2, 0.25) is 0 Å². The molecule has 1 unspecified atom stereocenters. The Labute approximate surface area is 164 Å². The van der Waals surface area contributed by atoms with Gasteiger partial charge in [0, 0.05) is 49.3 Å². The number of sulfone groups is 1. The van der Waals surface area contributed by atoms with Gasteiger partial charge in [-0.05, 0) is 17.5 Å². The van der Waals surface area contributed by atoms with Crippen LogP contribution in [0, 0.1) is 0 Å². The largest absolute Gasteiger partial charge is 0.386 e. The zero-order valence-corrected chi connectivity index (χ0v) is 17.0. The number of hydrogen-bond donors (Lipinski definition) is 3. The molecule has 0 spiro atoms. The number of benzene rings is 1. The first kappa shape index (κ1) is 20.1. The SMILES string of the molecule is CN=C(NCCN1CCS(=O)(=O)CC1)NCC(O)c1cc2ccccc2s1. The van der Waals surface area contributed by atoms with Gasteiger partial charge in [-0.2, -0.15) is 0 Å². The van der Waals surface area contributed by atoms with Crippen molar-refractivity contribution in [2.75, 3.05) is 51.3 Å². The Morgan fingerprint density at radius 2 is 2.04 bits per heavy atom. The summed E-state index contributed by atoms with van der Waals surface area (Å²) in [6.45, 7) is 2.96. The number of nitrogens with one attached hydrogen (secondary N) is 2. The van der Waals surface area contributed by atoms with Gasteiger partial charge < -0.3 is 15.7 Å². The zero-order valence-electron chi connectivity index (χ0n) is 15.4. The fraction of sp³-hybridized carbons (Fsp3) is 0.500. The van der Waals surface area contributed by atoms with Crippen LogP contribution < -0.4 is 10.6 Å². The maximum Gasteiger partial charge on any atom is 0.191 e. The molecule has 0 radical (unpaired) electrons. The number of aliphatic imine (C=N–C) groups is 1. The molecular formula is C18H26N4O3S2. The molecule has 27 heavy (non-hydrogen) atoms. The Morgan fingerprint density at radius 1 is 1.30 bits per heavy atom. The van der Waals surface area contributed by atoms with Gasteiger partial charge in [-0.25, -0.2) is 8.42 Å². The topological polar surface area (TPSA) is 94.0 Å². The molecule has 0 amide bonds. The van der Waals surface area contributed by atoms with Gasteiger partial charge in [0.2, 0.25) is 0 Å². The number of nitrogens with zero attached hydrogens (tertiary/aromatic N) is 2. The maximum atomic E-state index is 11.5. The predicted octanol–water partition coefficient (Wildman–Crippen LogP) is 0.830. The summed E-state index contributed by atoms with van der Waals surface area (Å²) >= 11 is 1.60. The summed E-state index contributed by atoms with van der Waals surface area (Å²) in [7, 11) is -1.15. The first-order valence-corrected chi connectivity index (χ1v) is 11.6. The van der Waals surface area contributed by atoms with Gasteiger partial charge in [-0.3, -0.25) is 9.89 Å². The van der Waals surface area contributed by atoms with E-state index < -0.39 is 15.9 Å². The van der Waals surface area contributed by atoms with E-state index in [4.69, 9.17) is 0 Å². The minimum atomic E-state index is -2.84. The van der Waals surface area contributed by atoms with Crippen LogP contribution >= 0.6 is 11.3 Å². The lowest BCUT2D eigenvalue weighted by atomic mass is 10.2. The first-order chi connectivity index (χ1) is 13.0. The summed E-state index contributed by atoms with van der Waals surface area (Å²) in [6.07, 6.45) is -0.603. The van der Waals surface area contributed by atoms with Crippen molar-refractivity contribution in [2.24, 2.45) is 4.99 Å². The molecule has 3 N–H and O–H groups in total. The van der Waals surface area contributed by atoms with E-state index in [0.29, 0.717) is 32.1 Å². The normalized spacial score (nSPS) is 19.1. The smallest absolute Gasteiger partial charge is 0.191 e. The van der Waals surface area contributed by atoms with E-state index in [1.165, 1.54) is 0 Å². The Kier molecular flexibility index (Phi) is 6.69. The molecule has 0 saturated carbocycles. The Morgan fingerprint density at radius 3 is 2.74 bits per heavy atom. The molecule has 2 aromatic rings. The van der Waals surface area contributed by atoms with Gasteiger partial charge in [0.15, 0.2) is 15.8 Å². The van der Waals surface area contributed by atoms with E-state index in [1.807, 2.05) is 24.3 Å². The highest BCUT2D eigenvalue weighted by molar-refractivity contribution is 7.91. The van der Waals surface area contributed by atoms with Crippen LogP contribution in [0.4, 0.5) is 0 Å². The summed E-state index contributed by atoms with van der Waals surface area (Å²) in [5.74, 6) is 1.10. The molecule has 3 rings (SSSR count). The van der Waals surface area contributed by atoms with Crippen LogP contribution in [0.25, 0.3) is 10.1 Å². The molecule has 1 aliphatic heterocycles. The Balaban J connectivity index is 1.42. The molecule has 1 aromatic carbocycles. The third-order valence-corrected chi connectivity index (χ3v) is 7.44. The number of aliphatic hydroxyl groups is 1. The van der Waals surface area contributed by atoms with Crippen LogP contribution in [0.15, 0.2) is 35.3 Å². The van der Waals surface area contributed by atoms with Crippen molar-refractivity contribution < 1.29 is 13.5 Å². The molecule has 0 bridgehead atoms. The van der Waals surface area contributed by atoms with Crippen molar-refractivity contribution in [1.82, 2.24) is 15.5 Å². The number of fused-ring (bicyclic) bond motifs is 1. The second-order valence-electron chi connectivity index (χ2n) is 6.58. The van der Waals surface area contributed by atoms with Crippen molar-refractivity contribution >= 4 is 37.2 Å². The van der Waals surface area contributed by atoms with E-state index in [9.17, 15) is 13.5 Å².